The van der Waals surface area contributed by atoms with Gasteiger partial charge >= 0.3 is 0 Å². The molecule has 92 valence electrons. The standard InChI is InChI=1S/C7H10N6O2S2/c1-4(5-9-2-3-10-5)13-17(14,15)7-12-11-6(8)16-7/h2-4,13H,1H3,(H2,8,11)(H,9,10). The number of H-pyrrole nitrogens is 1. The minimum absolute atomic E-state index is 0.107. The van der Waals surface area contributed by atoms with Crippen LogP contribution in [0.2, 0.25) is 0 Å². The molecule has 2 aromatic heterocycles. The van der Waals surface area contributed by atoms with Crippen LogP contribution in [0, 0.1) is 0 Å². The summed E-state index contributed by atoms with van der Waals surface area (Å²) in [7, 11) is -3.71. The molecule has 2 rings (SSSR count). The van der Waals surface area contributed by atoms with Crippen LogP contribution in [0.4, 0.5) is 5.13 Å². The van der Waals surface area contributed by atoms with Crippen molar-refractivity contribution in [3.05, 3.63) is 18.2 Å². The van der Waals surface area contributed by atoms with Gasteiger partial charge in [-0.05, 0) is 6.92 Å². The minimum atomic E-state index is -3.71. The third kappa shape index (κ3) is 2.60. The number of nitrogen functional groups attached to an aromatic ring is 1. The van der Waals surface area contributed by atoms with Gasteiger partial charge in [-0.25, -0.2) is 13.4 Å². The number of rotatable bonds is 4. The van der Waals surface area contributed by atoms with Gasteiger partial charge in [-0.15, -0.1) is 10.2 Å². The number of hydrogen-bond acceptors (Lipinski definition) is 7. The topological polar surface area (TPSA) is 127 Å². The molecule has 1 unspecified atom stereocenters. The molecule has 0 aromatic carbocycles. The minimum Gasteiger partial charge on any atom is -0.374 e. The van der Waals surface area contributed by atoms with Crippen molar-refractivity contribution < 1.29 is 8.42 Å². The molecular weight excluding hydrogens is 264 g/mol. The van der Waals surface area contributed by atoms with Crippen LogP contribution in [0.25, 0.3) is 0 Å². The predicted octanol–water partition coefficient (Wildman–Crippen LogP) is -0.117. The Balaban J connectivity index is 2.18. The number of hydrogen-bond donors (Lipinski definition) is 3. The molecular formula is C7H10N6O2S2. The van der Waals surface area contributed by atoms with Crippen molar-refractivity contribution in [3.63, 3.8) is 0 Å². The number of nitrogens with one attached hydrogen (secondary N) is 2. The van der Waals surface area contributed by atoms with Gasteiger partial charge in [0.2, 0.25) is 9.47 Å². The van der Waals surface area contributed by atoms with Crippen molar-refractivity contribution in [3.8, 4) is 0 Å². The third-order valence-corrected chi connectivity index (χ3v) is 4.57. The quantitative estimate of drug-likeness (QED) is 0.713. The molecule has 2 aromatic rings. The molecule has 17 heavy (non-hydrogen) atoms. The van der Waals surface area contributed by atoms with Crippen molar-refractivity contribution >= 4 is 26.5 Å². The summed E-state index contributed by atoms with van der Waals surface area (Å²) in [5.74, 6) is 0.520. The van der Waals surface area contributed by atoms with Crippen LogP contribution in [0.3, 0.4) is 0 Å². The first-order valence-corrected chi connectivity index (χ1v) is 6.89. The fraction of sp³-hybridized carbons (Fsp3) is 0.286. The zero-order chi connectivity index (χ0) is 12.5. The Labute approximate surface area is 101 Å². The van der Waals surface area contributed by atoms with E-state index in [4.69, 9.17) is 5.73 Å². The Morgan fingerprint density at radius 3 is 2.82 bits per heavy atom. The van der Waals surface area contributed by atoms with Gasteiger partial charge in [-0.1, -0.05) is 11.3 Å². The predicted molar refractivity (Wildman–Crippen MR) is 61.6 cm³/mol. The van der Waals surface area contributed by atoms with Gasteiger partial charge < -0.3 is 10.7 Å². The monoisotopic (exact) mass is 274 g/mol. The highest BCUT2D eigenvalue weighted by Crippen LogP contribution is 2.18. The summed E-state index contributed by atoms with van der Waals surface area (Å²) < 4.78 is 26.0. The van der Waals surface area contributed by atoms with E-state index in [0.29, 0.717) is 5.82 Å². The van der Waals surface area contributed by atoms with Gasteiger partial charge in [0.15, 0.2) is 0 Å². The first kappa shape index (κ1) is 12.0. The average Bonchev–Trinajstić information content (AvgIpc) is 2.86. The molecule has 10 heteroatoms. The molecule has 0 aliphatic heterocycles. The van der Waals surface area contributed by atoms with Gasteiger partial charge in [-0.2, -0.15) is 4.72 Å². The lowest BCUT2D eigenvalue weighted by Gasteiger charge is -2.09. The fourth-order valence-electron chi connectivity index (χ4n) is 1.18. The van der Waals surface area contributed by atoms with Crippen LogP contribution in [0.5, 0.6) is 0 Å². The van der Waals surface area contributed by atoms with E-state index in [9.17, 15) is 8.42 Å². The third-order valence-electron chi connectivity index (χ3n) is 1.91. The van der Waals surface area contributed by atoms with E-state index in [1.165, 1.54) is 0 Å². The largest absolute Gasteiger partial charge is 0.374 e. The van der Waals surface area contributed by atoms with E-state index in [1.807, 2.05) is 0 Å². The summed E-state index contributed by atoms with van der Waals surface area (Å²) in [6.07, 6.45) is 3.16. The van der Waals surface area contributed by atoms with E-state index < -0.39 is 16.1 Å². The zero-order valence-electron chi connectivity index (χ0n) is 8.78. The number of imidazole rings is 1. The number of nitrogens with two attached hydrogens (primary N) is 1. The van der Waals surface area contributed by atoms with Crippen LogP contribution in [0.1, 0.15) is 18.8 Å². The average molecular weight is 274 g/mol. The van der Waals surface area contributed by atoms with Crippen molar-refractivity contribution in [1.82, 2.24) is 24.9 Å². The second-order valence-corrected chi connectivity index (χ2v) is 6.12. The molecule has 0 fully saturated rings. The van der Waals surface area contributed by atoms with Gasteiger partial charge in [0.05, 0.1) is 6.04 Å². The Hall–Kier alpha value is -1.52. The zero-order valence-corrected chi connectivity index (χ0v) is 10.4. The van der Waals surface area contributed by atoms with Gasteiger partial charge in [0.1, 0.15) is 5.82 Å². The van der Waals surface area contributed by atoms with Crippen LogP contribution in [0.15, 0.2) is 16.7 Å². The van der Waals surface area contributed by atoms with Gasteiger partial charge in [0.25, 0.3) is 10.0 Å². The maximum Gasteiger partial charge on any atom is 0.270 e. The fourth-order valence-corrected chi connectivity index (χ4v) is 3.19. The van der Waals surface area contributed by atoms with Crippen LogP contribution >= 0.6 is 11.3 Å². The van der Waals surface area contributed by atoms with Crippen molar-refractivity contribution in [2.24, 2.45) is 0 Å². The second-order valence-electron chi connectivity index (χ2n) is 3.22. The first-order chi connectivity index (χ1) is 7.99. The summed E-state index contributed by atoms with van der Waals surface area (Å²) in [6.45, 7) is 1.67. The highest BCUT2D eigenvalue weighted by atomic mass is 32.2. The summed E-state index contributed by atoms with van der Waals surface area (Å²) in [5, 5.41) is 7.05. The molecule has 0 spiro atoms. The first-order valence-electron chi connectivity index (χ1n) is 4.59. The lowest BCUT2D eigenvalue weighted by molar-refractivity contribution is 0.559. The number of nitrogens with zero attached hydrogens (tertiary/aromatic N) is 3. The van der Waals surface area contributed by atoms with Gasteiger partial charge in [0, 0.05) is 12.4 Å². The molecule has 0 aliphatic rings. The van der Waals surface area contributed by atoms with Crippen LogP contribution in [-0.4, -0.2) is 28.6 Å². The molecule has 0 aliphatic carbocycles. The molecule has 0 radical (unpaired) electrons. The Morgan fingerprint density at radius 2 is 2.29 bits per heavy atom. The molecule has 0 bridgehead atoms. The highest BCUT2D eigenvalue weighted by Gasteiger charge is 2.23. The maximum atomic E-state index is 11.9. The van der Waals surface area contributed by atoms with Crippen molar-refractivity contribution in [2.75, 3.05) is 5.73 Å². The smallest absolute Gasteiger partial charge is 0.270 e. The molecule has 0 saturated carbocycles. The molecule has 1 atom stereocenters. The molecule has 0 amide bonds. The number of aromatic amines is 1. The van der Waals surface area contributed by atoms with Crippen LogP contribution < -0.4 is 10.5 Å². The van der Waals surface area contributed by atoms with E-state index in [0.717, 1.165) is 11.3 Å². The lowest BCUT2D eigenvalue weighted by Crippen LogP contribution is -2.27. The van der Waals surface area contributed by atoms with E-state index in [-0.39, 0.29) is 9.47 Å². The normalized spacial score (nSPS) is 13.7. The molecule has 8 nitrogen and oxygen atoms in total. The lowest BCUT2D eigenvalue weighted by atomic mass is 10.3. The van der Waals surface area contributed by atoms with E-state index >= 15 is 0 Å². The van der Waals surface area contributed by atoms with E-state index in [1.54, 1.807) is 19.3 Å². The number of anilines is 1. The summed E-state index contributed by atoms with van der Waals surface area (Å²) in [5.41, 5.74) is 5.33. The van der Waals surface area contributed by atoms with Crippen molar-refractivity contribution in [1.29, 1.82) is 0 Å². The number of aromatic nitrogens is 4. The Morgan fingerprint density at radius 1 is 1.53 bits per heavy atom. The van der Waals surface area contributed by atoms with Crippen molar-refractivity contribution in [2.45, 2.75) is 17.3 Å². The summed E-state index contributed by atoms with van der Waals surface area (Å²) in [4.78, 5) is 6.78. The number of sulfonamides is 1. The highest BCUT2D eigenvalue weighted by molar-refractivity contribution is 7.91. The Kier molecular flexibility index (Phi) is 3.09. The van der Waals surface area contributed by atoms with Gasteiger partial charge in [-0.3, -0.25) is 0 Å². The SMILES string of the molecule is CC(NS(=O)(=O)c1nnc(N)s1)c1ncc[nH]1. The van der Waals surface area contributed by atoms with Crippen LogP contribution in [-0.2, 0) is 10.0 Å². The maximum absolute atomic E-state index is 11.9. The molecule has 4 N–H and O–H groups in total. The van der Waals surface area contributed by atoms with E-state index in [2.05, 4.69) is 24.9 Å². The summed E-state index contributed by atoms with van der Waals surface area (Å²) >= 11 is 0.808. The summed E-state index contributed by atoms with van der Waals surface area (Å²) in [6, 6.07) is -0.486. The molecule has 2 heterocycles. The molecule has 0 saturated heterocycles. The Bertz CT molecular complexity index is 590. The second kappa shape index (κ2) is 4.39.